The van der Waals surface area contributed by atoms with Gasteiger partial charge in [-0.05, 0) is 45.2 Å². The average Bonchev–Trinajstić information content (AvgIpc) is 2.97. The van der Waals surface area contributed by atoms with Crippen molar-refractivity contribution in [1.29, 1.82) is 0 Å². The van der Waals surface area contributed by atoms with Gasteiger partial charge in [-0.1, -0.05) is 11.6 Å². The predicted molar refractivity (Wildman–Crippen MR) is 95.7 cm³/mol. The fourth-order valence-electron chi connectivity index (χ4n) is 2.18. The number of likely N-dealkylation sites (N-methyl/N-ethyl adjacent to an activating group) is 1. The largest absolute Gasteiger partial charge is 0.492 e. The lowest BCUT2D eigenvalue weighted by Crippen LogP contribution is -2.33. The van der Waals surface area contributed by atoms with E-state index in [2.05, 4.69) is 10.4 Å². The minimum atomic E-state index is -0.0774. The number of rotatable bonds is 8. The van der Waals surface area contributed by atoms with Gasteiger partial charge in [0.1, 0.15) is 18.2 Å². The number of anilines is 1. The molecular weight excluding hydrogens is 328 g/mol. The van der Waals surface area contributed by atoms with Gasteiger partial charge in [-0.15, -0.1) is 0 Å². The molecule has 2 rings (SSSR count). The molecule has 0 saturated carbocycles. The molecule has 1 heterocycles. The number of amides is 1. The molecule has 0 bridgehead atoms. The minimum absolute atomic E-state index is 0.0774. The Labute approximate surface area is 147 Å². The first-order valence-electron chi connectivity index (χ1n) is 7.86. The minimum Gasteiger partial charge on any atom is -0.492 e. The molecule has 0 saturated heterocycles. The van der Waals surface area contributed by atoms with Crippen molar-refractivity contribution < 1.29 is 9.53 Å². The first kappa shape index (κ1) is 18.3. The second kappa shape index (κ2) is 8.70. The Bertz CT molecular complexity index is 655. The third-order valence-corrected chi connectivity index (χ3v) is 3.65. The van der Waals surface area contributed by atoms with Crippen LogP contribution in [0.4, 0.5) is 5.82 Å². The van der Waals surface area contributed by atoms with Gasteiger partial charge in [-0.2, -0.15) is 5.10 Å². The van der Waals surface area contributed by atoms with Crippen LogP contribution in [0, 0.1) is 0 Å². The van der Waals surface area contributed by atoms with Crippen molar-refractivity contribution in [3.8, 4) is 5.75 Å². The summed E-state index contributed by atoms with van der Waals surface area (Å²) < 4.78 is 7.40. The van der Waals surface area contributed by atoms with Crippen LogP contribution in [-0.4, -0.2) is 47.3 Å². The molecule has 0 fully saturated rings. The standard InChI is InChI=1S/C17H23ClN4O2/c1-13(2)22-16(8-9-19-22)20-17(23)12-21(3)10-11-24-15-6-4-14(18)5-7-15/h4-9,13H,10-12H2,1-3H3,(H,20,23). The monoisotopic (exact) mass is 350 g/mol. The van der Waals surface area contributed by atoms with Crippen LogP contribution in [-0.2, 0) is 4.79 Å². The summed E-state index contributed by atoms with van der Waals surface area (Å²) in [6, 6.07) is 9.20. The Kier molecular flexibility index (Phi) is 6.63. The number of carbonyl (C=O) groups excluding carboxylic acids is 1. The SMILES string of the molecule is CC(C)n1nccc1NC(=O)CN(C)CCOc1ccc(Cl)cc1. The smallest absolute Gasteiger partial charge is 0.239 e. The molecule has 24 heavy (non-hydrogen) atoms. The number of carbonyl (C=O) groups is 1. The van der Waals surface area contributed by atoms with Crippen molar-refractivity contribution in [2.75, 3.05) is 32.1 Å². The molecule has 0 radical (unpaired) electrons. The number of nitrogens with zero attached hydrogens (tertiary/aromatic N) is 3. The number of hydrogen-bond acceptors (Lipinski definition) is 4. The van der Waals surface area contributed by atoms with Crippen molar-refractivity contribution in [3.05, 3.63) is 41.6 Å². The Balaban J connectivity index is 1.73. The fraction of sp³-hybridized carbons (Fsp3) is 0.412. The first-order chi connectivity index (χ1) is 11.5. The van der Waals surface area contributed by atoms with Crippen LogP contribution in [0.25, 0.3) is 0 Å². The van der Waals surface area contributed by atoms with Gasteiger partial charge in [-0.3, -0.25) is 9.69 Å². The summed E-state index contributed by atoms with van der Waals surface area (Å²) in [6.45, 7) is 5.45. The molecule has 1 aromatic heterocycles. The highest BCUT2D eigenvalue weighted by molar-refractivity contribution is 6.30. The number of halogens is 1. The zero-order chi connectivity index (χ0) is 17.5. The molecule has 6 nitrogen and oxygen atoms in total. The first-order valence-corrected chi connectivity index (χ1v) is 8.24. The van der Waals surface area contributed by atoms with E-state index in [4.69, 9.17) is 16.3 Å². The van der Waals surface area contributed by atoms with Crippen LogP contribution >= 0.6 is 11.6 Å². The Morgan fingerprint density at radius 3 is 2.71 bits per heavy atom. The Morgan fingerprint density at radius 1 is 1.33 bits per heavy atom. The highest BCUT2D eigenvalue weighted by Gasteiger charge is 2.11. The fourth-order valence-corrected chi connectivity index (χ4v) is 2.31. The average molecular weight is 351 g/mol. The lowest BCUT2D eigenvalue weighted by atomic mass is 10.3. The number of benzene rings is 1. The lowest BCUT2D eigenvalue weighted by Gasteiger charge is -2.17. The Morgan fingerprint density at radius 2 is 2.04 bits per heavy atom. The van der Waals surface area contributed by atoms with Gasteiger partial charge in [0.15, 0.2) is 0 Å². The maximum absolute atomic E-state index is 12.1. The zero-order valence-electron chi connectivity index (χ0n) is 14.2. The molecule has 1 amide bonds. The van der Waals surface area contributed by atoms with Gasteiger partial charge < -0.3 is 10.1 Å². The van der Waals surface area contributed by atoms with Gasteiger partial charge in [-0.25, -0.2) is 4.68 Å². The quantitative estimate of drug-likeness (QED) is 0.794. The highest BCUT2D eigenvalue weighted by Crippen LogP contribution is 2.15. The predicted octanol–water partition coefficient (Wildman–Crippen LogP) is 3.07. The molecule has 1 N–H and O–H groups in total. The van der Waals surface area contributed by atoms with Crippen LogP contribution < -0.4 is 10.1 Å². The molecule has 7 heteroatoms. The van der Waals surface area contributed by atoms with E-state index in [1.165, 1.54) is 0 Å². The van der Waals surface area contributed by atoms with Crippen molar-refractivity contribution in [1.82, 2.24) is 14.7 Å². The summed E-state index contributed by atoms with van der Waals surface area (Å²) in [5.41, 5.74) is 0. The number of hydrogen-bond donors (Lipinski definition) is 1. The van der Waals surface area contributed by atoms with Crippen molar-refractivity contribution in [2.24, 2.45) is 0 Å². The van der Waals surface area contributed by atoms with E-state index in [9.17, 15) is 4.79 Å². The molecule has 2 aromatic rings. The van der Waals surface area contributed by atoms with E-state index >= 15 is 0 Å². The Hall–Kier alpha value is -2.05. The van der Waals surface area contributed by atoms with E-state index in [1.807, 2.05) is 37.9 Å². The molecule has 0 unspecified atom stereocenters. The topological polar surface area (TPSA) is 59.4 Å². The lowest BCUT2D eigenvalue weighted by molar-refractivity contribution is -0.117. The third-order valence-electron chi connectivity index (χ3n) is 3.40. The van der Waals surface area contributed by atoms with Crippen molar-refractivity contribution >= 4 is 23.3 Å². The van der Waals surface area contributed by atoms with Gasteiger partial charge >= 0.3 is 0 Å². The van der Waals surface area contributed by atoms with Crippen molar-refractivity contribution in [2.45, 2.75) is 19.9 Å². The maximum atomic E-state index is 12.1. The van der Waals surface area contributed by atoms with Crippen LogP contribution in [0.2, 0.25) is 5.02 Å². The second-order valence-corrected chi connectivity index (χ2v) is 6.28. The molecule has 0 atom stereocenters. The van der Waals surface area contributed by atoms with Gasteiger partial charge in [0.2, 0.25) is 5.91 Å². The van der Waals surface area contributed by atoms with Gasteiger partial charge in [0.05, 0.1) is 12.7 Å². The third kappa shape index (κ3) is 5.54. The maximum Gasteiger partial charge on any atom is 0.239 e. The molecule has 1 aromatic carbocycles. The van der Waals surface area contributed by atoms with Gasteiger partial charge in [0, 0.05) is 23.7 Å². The van der Waals surface area contributed by atoms with E-state index < -0.39 is 0 Å². The zero-order valence-corrected chi connectivity index (χ0v) is 15.0. The summed E-state index contributed by atoms with van der Waals surface area (Å²) in [5.74, 6) is 1.39. The highest BCUT2D eigenvalue weighted by atomic mass is 35.5. The van der Waals surface area contributed by atoms with E-state index in [0.29, 0.717) is 24.0 Å². The summed E-state index contributed by atoms with van der Waals surface area (Å²) in [5, 5.41) is 7.76. The molecule has 0 spiro atoms. The van der Waals surface area contributed by atoms with Crippen molar-refractivity contribution in [3.63, 3.8) is 0 Å². The summed E-state index contributed by atoms with van der Waals surface area (Å²) in [4.78, 5) is 14.0. The van der Waals surface area contributed by atoms with E-state index in [1.54, 1.807) is 29.1 Å². The number of nitrogens with one attached hydrogen (secondary N) is 1. The molecule has 0 aliphatic carbocycles. The molecular formula is C17H23ClN4O2. The normalized spacial score (nSPS) is 11.1. The van der Waals surface area contributed by atoms with Crippen LogP contribution in [0.3, 0.4) is 0 Å². The number of ether oxygens (including phenoxy) is 1. The second-order valence-electron chi connectivity index (χ2n) is 5.84. The van der Waals surface area contributed by atoms with Crippen LogP contribution in [0.15, 0.2) is 36.5 Å². The van der Waals surface area contributed by atoms with E-state index in [0.717, 1.165) is 5.75 Å². The molecule has 0 aliphatic rings. The van der Waals surface area contributed by atoms with E-state index in [-0.39, 0.29) is 18.5 Å². The number of aromatic nitrogens is 2. The molecule has 130 valence electrons. The van der Waals surface area contributed by atoms with Crippen LogP contribution in [0.5, 0.6) is 5.75 Å². The summed E-state index contributed by atoms with van der Waals surface area (Å²) in [6.07, 6.45) is 1.68. The van der Waals surface area contributed by atoms with Gasteiger partial charge in [0.25, 0.3) is 0 Å². The van der Waals surface area contributed by atoms with Crippen LogP contribution in [0.1, 0.15) is 19.9 Å². The summed E-state index contributed by atoms with van der Waals surface area (Å²) >= 11 is 5.83. The summed E-state index contributed by atoms with van der Waals surface area (Å²) in [7, 11) is 1.88. The molecule has 0 aliphatic heterocycles.